The summed E-state index contributed by atoms with van der Waals surface area (Å²) < 4.78 is 0. The molecule has 3 aromatic rings. The molecule has 0 spiro atoms. The van der Waals surface area contributed by atoms with E-state index in [-0.39, 0.29) is 23.6 Å². The van der Waals surface area contributed by atoms with Crippen LogP contribution in [0.4, 0.5) is 0 Å². The Morgan fingerprint density at radius 1 is 1.00 bits per heavy atom. The summed E-state index contributed by atoms with van der Waals surface area (Å²) in [5.74, 6) is -0.611. The third-order valence-electron chi connectivity index (χ3n) is 5.25. The maximum atomic E-state index is 13.2. The van der Waals surface area contributed by atoms with Crippen LogP contribution in [0.5, 0.6) is 0 Å². The number of hydrogen-bond acceptors (Lipinski definition) is 3. The van der Waals surface area contributed by atoms with Crippen molar-refractivity contribution < 1.29 is 9.59 Å². The molecule has 1 heterocycles. The molecule has 2 N–H and O–H groups in total. The molecule has 0 saturated heterocycles. The first-order chi connectivity index (χ1) is 14.9. The monoisotopic (exact) mass is 432 g/mol. The standard InChI is InChI=1S/C26H28N2O2S/c1-5-23(20-12-11-18(3)19(4)15-20)27-26(30)24(16-22-10-7-13-31-22)28-25(29)21-9-6-8-17(2)14-21/h6-16,23H,5H2,1-4H3,(H,27,30)(H,28,29)/b24-16-/t23-/m0/s1. The van der Waals surface area contributed by atoms with Gasteiger partial charge in [-0.2, -0.15) is 0 Å². The lowest BCUT2D eigenvalue weighted by molar-refractivity contribution is -0.118. The zero-order valence-corrected chi connectivity index (χ0v) is 19.2. The average molecular weight is 433 g/mol. The molecule has 0 bridgehead atoms. The smallest absolute Gasteiger partial charge is 0.268 e. The normalized spacial score (nSPS) is 12.3. The van der Waals surface area contributed by atoms with Gasteiger partial charge in [0.2, 0.25) is 0 Å². The van der Waals surface area contributed by atoms with Gasteiger partial charge in [-0.05, 0) is 73.5 Å². The van der Waals surface area contributed by atoms with Crippen LogP contribution in [0.2, 0.25) is 0 Å². The first kappa shape index (κ1) is 22.5. The zero-order chi connectivity index (χ0) is 22.4. The minimum atomic E-state index is -0.306. The summed E-state index contributed by atoms with van der Waals surface area (Å²) in [5.41, 5.74) is 5.20. The molecule has 3 rings (SSSR count). The number of aryl methyl sites for hydroxylation is 3. The highest BCUT2D eigenvalue weighted by Crippen LogP contribution is 2.21. The van der Waals surface area contributed by atoms with Crippen LogP contribution < -0.4 is 10.6 Å². The number of amides is 2. The Hall–Kier alpha value is -3.18. The van der Waals surface area contributed by atoms with Crippen molar-refractivity contribution in [3.8, 4) is 0 Å². The summed E-state index contributed by atoms with van der Waals surface area (Å²) in [6.07, 6.45) is 2.47. The zero-order valence-electron chi connectivity index (χ0n) is 18.4. The molecule has 1 aromatic heterocycles. The molecule has 2 aromatic carbocycles. The van der Waals surface area contributed by atoms with Crippen LogP contribution in [-0.4, -0.2) is 11.8 Å². The minimum Gasteiger partial charge on any atom is -0.344 e. The van der Waals surface area contributed by atoms with Crippen LogP contribution in [0, 0.1) is 20.8 Å². The first-order valence-corrected chi connectivity index (χ1v) is 11.3. The Labute approximate surface area is 188 Å². The lowest BCUT2D eigenvalue weighted by Gasteiger charge is -2.20. The maximum Gasteiger partial charge on any atom is 0.268 e. The van der Waals surface area contributed by atoms with Crippen LogP contribution in [0.25, 0.3) is 6.08 Å². The van der Waals surface area contributed by atoms with Crippen molar-refractivity contribution in [2.24, 2.45) is 0 Å². The minimum absolute atomic E-state index is 0.144. The lowest BCUT2D eigenvalue weighted by Crippen LogP contribution is -2.36. The van der Waals surface area contributed by atoms with Gasteiger partial charge < -0.3 is 10.6 Å². The van der Waals surface area contributed by atoms with Crippen molar-refractivity contribution >= 4 is 29.2 Å². The second-order valence-corrected chi connectivity index (χ2v) is 8.65. The second-order valence-electron chi connectivity index (χ2n) is 7.68. The van der Waals surface area contributed by atoms with Gasteiger partial charge >= 0.3 is 0 Å². The number of hydrogen-bond donors (Lipinski definition) is 2. The third-order valence-corrected chi connectivity index (χ3v) is 6.07. The molecule has 160 valence electrons. The molecule has 0 saturated carbocycles. The molecular weight excluding hydrogens is 404 g/mol. The number of carbonyl (C=O) groups is 2. The van der Waals surface area contributed by atoms with Crippen molar-refractivity contribution in [2.45, 2.75) is 40.2 Å². The molecule has 1 atom stereocenters. The third kappa shape index (κ3) is 5.92. The van der Waals surface area contributed by atoms with E-state index in [1.807, 2.05) is 49.6 Å². The predicted molar refractivity (Wildman–Crippen MR) is 128 cm³/mol. The van der Waals surface area contributed by atoms with Crippen LogP contribution in [-0.2, 0) is 4.79 Å². The van der Waals surface area contributed by atoms with Gasteiger partial charge in [-0.1, -0.05) is 48.9 Å². The quantitative estimate of drug-likeness (QED) is 0.470. The van der Waals surface area contributed by atoms with Crippen molar-refractivity contribution in [2.75, 3.05) is 0 Å². The maximum absolute atomic E-state index is 13.2. The van der Waals surface area contributed by atoms with E-state index in [1.165, 1.54) is 22.5 Å². The largest absolute Gasteiger partial charge is 0.344 e. The summed E-state index contributed by atoms with van der Waals surface area (Å²) in [5, 5.41) is 7.85. The Morgan fingerprint density at radius 2 is 1.81 bits per heavy atom. The van der Waals surface area contributed by atoms with Gasteiger partial charge in [0.25, 0.3) is 11.8 Å². The van der Waals surface area contributed by atoms with Crippen LogP contribution in [0.1, 0.15) is 56.9 Å². The molecule has 5 heteroatoms. The van der Waals surface area contributed by atoms with Gasteiger partial charge in [0.1, 0.15) is 5.70 Å². The van der Waals surface area contributed by atoms with Gasteiger partial charge in [0.15, 0.2) is 0 Å². The highest BCUT2D eigenvalue weighted by molar-refractivity contribution is 7.10. The summed E-state index contributed by atoms with van der Waals surface area (Å²) in [6.45, 7) is 8.11. The van der Waals surface area contributed by atoms with Crippen molar-refractivity contribution in [3.05, 3.63) is 98.4 Å². The first-order valence-electron chi connectivity index (χ1n) is 10.4. The van der Waals surface area contributed by atoms with Crippen LogP contribution in [0.15, 0.2) is 65.7 Å². The van der Waals surface area contributed by atoms with E-state index in [1.54, 1.807) is 18.2 Å². The van der Waals surface area contributed by atoms with E-state index < -0.39 is 0 Å². The summed E-state index contributed by atoms with van der Waals surface area (Å²) in [7, 11) is 0. The van der Waals surface area contributed by atoms with E-state index in [0.29, 0.717) is 5.56 Å². The fraction of sp³-hybridized carbons (Fsp3) is 0.231. The van der Waals surface area contributed by atoms with E-state index >= 15 is 0 Å². The highest BCUT2D eigenvalue weighted by Gasteiger charge is 2.19. The Balaban J connectivity index is 1.85. The van der Waals surface area contributed by atoms with Crippen molar-refractivity contribution in [1.82, 2.24) is 10.6 Å². The molecule has 2 amide bonds. The predicted octanol–water partition coefficient (Wildman–Crippen LogP) is 5.71. The van der Waals surface area contributed by atoms with E-state index in [0.717, 1.165) is 22.4 Å². The van der Waals surface area contributed by atoms with Crippen molar-refractivity contribution in [3.63, 3.8) is 0 Å². The SMILES string of the molecule is CC[C@H](NC(=O)/C(=C/c1cccs1)NC(=O)c1cccc(C)c1)c1ccc(C)c(C)c1. The molecule has 0 aliphatic carbocycles. The summed E-state index contributed by atoms with van der Waals surface area (Å²) in [4.78, 5) is 26.9. The lowest BCUT2D eigenvalue weighted by atomic mass is 9.99. The van der Waals surface area contributed by atoms with Crippen LogP contribution in [0.3, 0.4) is 0 Å². The topological polar surface area (TPSA) is 58.2 Å². The Morgan fingerprint density at radius 3 is 2.45 bits per heavy atom. The average Bonchev–Trinajstić information content (AvgIpc) is 3.26. The van der Waals surface area contributed by atoms with E-state index in [4.69, 9.17) is 0 Å². The number of thiophene rings is 1. The highest BCUT2D eigenvalue weighted by atomic mass is 32.1. The Kier molecular flexibility index (Phi) is 7.42. The van der Waals surface area contributed by atoms with Gasteiger partial charge in [-0.3, -0.25) is 9.59 Å². The fourth-order valence-corrected chi connectivity index (χ4v) is 3.95. The fourth-order valence-electron chi connectivity index (χ4n) is 3.29. The molecule has 0 aliphatic rings. The van der Waals surface area contributed by atoms with Gasteiger partial charge in [0.05, 0.1) is 6.04 Å². The van der Waals surface area contributed by atoms with Gasteiger partial charge in [-0.25, -0.2) is 0 Å². The number of nitrogens with one attached hydrogen (secondary N) is 2. The molecule has 0 radical (unpaired) electrons. The number of rotatable bonds is 7. The Bertz CT molecular complexity index is 1100. The molecular formula is C26H28N2O2S. The summed E-state index contributed by atoms with van der Waals surface area (Å²) in [6, 6.07) is 17.2. The molecule has 0 unspecified atom stereocenters. The molecule has 4 nitrogen and oxygen atoms in total. The molecule has 0 fully saturated rings. The number of benzene rings is 2. The van der Waals surface area contributed by atoms with E-state index in [9.17, 15) is 9.59 Å². The second kappa shape index (κ2) is 10.2. The van der Waals surface area contributed by atoms with E-state index in [2.05, 4.69) is 36.6 Å². The van der Waals surface area contributed by atoms with Gasteiger partial charge in [0, 0.05) is 10.4 Å². The molecule has 0 aliphatic heterocycles. The van der Waals surface area contributed by atoms with Crippen LogP contribution >= 0.6 is 11.3 Å². The molecule has 31 heavy (non-hydrogen) atoms. The van der Waals surface area contributed by atoms with Crippen molar-refractivity contribution in [1.29, 1.82) is 0 Å². The van der Waals surface area contributed by atoms with Gasteiger partial charge in [-0.15, -0.1) is 11.3 Å². The number of carbonyl (C=O) groups excluding carboxylic acids is 2. The summed E-state index contributed by atoms with van der Waals surface area (Å²) >= 11 is 1.51.